The lowest BCUT2D eigenvalue weighted by Crippen LogP contribution is -2.13. The second kappa shape index (κ2) is 6.28. The number of carbonyl (C=O) groups is 1. The third kappa shape index (κ3) is 3.06. The zero-order chi connectivity index (χ0) is 16.4. The van der Waals surface area contributed by atoms with Gasteiger partial charge >= 0.3 is 5.97 Å². The highest BCUT2D eigenvalue weighted by Crippen LogP contribution is 2.40. The van der Waals surface area contributed by atoms with Gasteiger partial charge in [-0.05, 0) is 30.5 Å². The lowest BCUT2D eigenvalue weighted by molar-refractivity contribution is 0.0366. The summed E-state index contributed by atoms with van der Waals surface area (Å²) in [4.78, 5) is 16.5. The van der Waals surface area contributed by atoms with E-state index in [0.717, 1.165) is 29.7 Å². The van der Waals surface area contributed by atoms with Crippen molar-refractivity contribution in [3.05, 3.63) is 83.5 Å². The highest BCUT2D eigenvalue weighted by atomic mass is 16.5. The van der Waals surface area contributed by atoms with E-state index in [1.165, 1.54) is 0 Å². The van der Waals surface area contributed by atoms with Crippen molar-refractivity contribution in [1.29, 1.82) is 0 Å². The molecular formula is C19H16N2O3. The van der Waals surface area contributed by atoms with Gasteiger partial charge in [0.1, 0.15) is 5.76 Å². The van der Waals surface area contributed by atoms with Crippen molar-refractivity contribution in [3.8, 4) is 0 Å². The summed E-state index contributed by atoms with van der Waals surface area (Å²) in [5, 5.41) is 3.86. The Kier molecular flexibility index (Phi) is 3.83. The second-order valence-electron chi connectivity index (χ2n) is 5.87. The minimum absolute atomic E-state index is 0.215. The molecule has 1 aliphatic rings. The molecule has 1 saturated carbocycles. The molecule has 5 heteroatoms. The van der Waals surface area contributed by atoms with Crippen LogP contribution in [0.4, 0.5) is 0 Å². The third-order valence-corrected chi connectivity index (χ3v) is 4.05. The first-order valence-corrected chi connectivity index (χ1v) is 7.94. The lowest BCUT2D eigenvalue weighted by atomic mass is 10.0. The Morgan fingerprint density at radius 1 is 1.08 bits per heavy atom. The molecule has 24 heavy (non-hydrogen) atoms. The van der Waals surface area contributed by atoms with E-state index >= 15 is 0 Å². The van der Waals surface area contributed by atoms with Gasteiger partial charge in [-0.15, -0.1) is 0 Å². The molecule has 4 rings (SSSR count). The smallest absolute Gasteiger partial charge is 0.361 e. The fourth-order valence-corrected chi connectivity index (χ4v) is 2.61. The summed E-state index contributed by atoms with van der Waals surface area (Å²) < 4.78 is 11.0. The van der Waals surface area contributed by atoms with Gasteiger partial charge in [0.25, 0.3) is 0 Å². The molecule has 0 bridgehead atoms. The van der Waals surface area contributed by atoms with Gasteiger partial charge in [-0.2, -0.15) is 0 Å². The largest absolute Gasteiger partial charge is 0.448 e. The van der Waals surface area contributed by atoms with E-state index < -0.39 is 12.1 Å². The van der Waals surface area contributed by atoms with E-state index in [9.17, 15) is 4.79 Å². The maximum Gasteiger partial charge on any atom is 0.361 e. The monoisotopic (exact) mass is 320 g/mol. The highest BCUT2D eigenvalue weighted by molar-refractivity contribution is 5.87. The average Bonchev–Trinajstić information content (AvgIpc) is 3.38. The zero-order valence-corrected chi connectivity index (χ0v) is 13.0. The maximum atomic E-state index is 12.5. The molecule has 0 amide bonds. The summed E-state index contributed by atoms with van der Waals surface area (Å²) >= 11 is 0. The fraction of sp³-hybridized carbons (Fsp3) is 0.211. The Labute approximate surface area is 139 Å². The molecule has 1 fully saturated rings. The van der Waals surface area contributed by atoms with Crippen LogP contribution in [0.5, 0.6) is 0 Å². The molecule has 3 aromatic rings. The quantitative estimate of drug-likeness (QED) is 0.667. The van der Waals surface area contributed by atoms with Crippen LogP contribution in [-0.2, 0) is 4.74 Å². The summed E-state index contributed by atoms with van der Waals surface area (Å²) in [6, 6.07) is 15.0. The van der Waals surface area contributed by atoms with Gasteiger partial charge in [0.15, 0.2) is 11.8 Å². The summed E-state index contributed by atoms with van der Waals surface area (Å²) in [6.07, 6.45) is 5.03. The van der Waals surface area contributed by atoms with Crippen LogP contribution in [0.1, 0.15) is 52.2 Å². The maximum absolute atomic E-state index is 12.5. The summed E-state index contributed by atoms with van der Waals surface area (Å²) in [7, 11) is 0. The molecule has 1 aromatic carbocycles. The fourth-order valence-electron chi connectivity index (χ4n) is 2.61. The van der Waals surface area contributed by atoms with Gasteiger partial charge in [-0.3, -0.25) is 4.98 Å². The van der Waals surface area contributed by atoms with E-state index in [1.807, 2.05) is 42.5 Å². The van der Waals surface area contributed by atoms with Gasteiger partial charge in [0.2, 0.25) is 0 Å². The van der Waals surface area contributed by atoms with Crippen molar-refractivity contribution < 1.29 is 14.1 Å². The number of esters is 1. The third-order valence-electron chi connectivity index (χ3n) is 4.05. The van der Waals surface area contributed by atoms with Crippen molar-refractivity contribution in [3.63, 3.8) is 0 Å². The van der Waals surface area contributed by atoms with Crippen molar-refractivity contribution in [1.82, 2.24) is 10.1 Å². The Morgan fingerprint density at radius 2 is 1.79 bits per heavy atom. The topological polar surface area (TPSA) is 65.2 Å². The van der Waals surface area contributed by atoms with Crippen LogP contribution in [0.15, 0.2) is 65.4 Å². The number of hydrogen-bond donors (Lipinski definition) is 0. The minimum atomic E-state index is -0.511. The summed E-state index contributed by atoms with van der Waals surface area (Å²) in [6.45, 7) is 0. The van der Waals surface area contributed by atoms with Crippen LogP contribution in [0.3, 0.4) is 0 Å². The van der Waals surface area contributed by atoms with Crippen molar-refractivity contribution in [2.24, 2.45) is 0 Å². The van der Waals surface area contributed by atoms with E-state index in [1.54, 1.807) is 18.5 Å². The van der Waals surface area contributed by atoms with Crippen molar-refractivity contribution in [2.45, 2.75) is 24.9 Å². The van der Waals surface area contributed by atoms with Crippen LogP contribution >= 0.6 is 0 Å². The first kappa shape index (κ1) is 14.6. The Morgan fingerprint density at radius 3 is 2.50 bits per heavy atom. The summed E-state index contributed by atoms with van der Waals surface area (Å²) in [5.41, 5.74) is 1.96. The number of ether oxygens (including phenoxy) is 1. The molecule has 120 valence electrons. The normalized spacial score (nSPS) is 15.0. The number of benzene rings is 1. The number of hydrogen-bond acceptors (Lipinski definition) is 5. The SMILES string of the molecule is O=C(O[C@H](c1ccccc1)c1ccncc1)c1cc(C2CC2)on1. The van der Waals surface area contributed by atoms with E-state index in [0.29, 0.717) is 5.92 Å². The molecule has 0 saturated heterocycles. The number of carbonyl (C=O) groups excluding carboxylic acids is 1. The van der Waals surface area contributed by atoms with Crippen molar-refractivity contribution in [2.75, 3.05) is 0 Å². The first-order valence-electron chi connectivity index (χ1n) is 7.94. The van der Waals surface area contributed by atoms with Gasteiger partial charge in [0.05, 0.1) is 0 Å². The zero-order valence-electron chi connectivity index (χ0n) is 13.0. The van der Waals surface area contributed by atoms with Gasteiger partial charge in [-0.1, -0.05) is 35.5 Å². The summed E-state index contributed by atoms with van der Waals surface area (Å²) in [5.74, 6) is 0.683. The number of aromatic nitrogens is 2. The Balaban J connectivity index is 1.60. The number of nitrogens with zero attached hydrogens (tertiary/aromatic N) is 2. The first-order chi connectivity index (χ1) is 11.8. The Bertz CT molecular complexity index is 787. The van der Waals surface area contributed by atoms with E-state index in [2.05, 4.69) is 10.1 Å². The molecule has 0 unspecified atom stereocenters. The highest BCUT2D eigenvalue weighted by Gasteiger charge is 2.30. The molecule has 0 radical (unpaired) electrons. The van der Waals surface area contributed by atoms with Gasteiger partial charge < -0.3 is 9.26 Å². The molecule has 2 heterocycles. The van der Waals surface area contributed by atoms with Crippen LogP contribution in [0.25, 0.3) is 0 Å². The number of rotatable bonds is 5. The predicted molar refractivity (Wildman–Crippen MR) is 86.4 cm³/mol. The molecular weight excluding hydrogens is 304 g/mol. The molecule has 0 spiro atoms. The molecule has 0 aliphatic heterocycles. The Hall–Kier alpha value is -2.95. The van der Waals surface area contributed by atoms with Gasteiger partial charge in [0, 0.05) is 29.9 Å². The van der Waals surface area contributed by atoms with E-state index in [-0.39, 0.29) is 5.69 Å². The van der Waals surface area contributed by atoms with Crippen LogP contribution in [-0.4, -0.2) is 16.1 Å². The molecule has 5 nitrogen and oxygen atoms in total. The molecule has 2 aromatic heterocycles. The predicted octanol–water partition coefficient (Wildman–Crippen LogP) is 3.89. The van der Waals surface area contributed by atoms with E-state index in [4.69, 9.17) is 9.26 Å². The lowest BCUT2D eigenvalue weighted by Gasteiger charge is -2.18. The minimum Gasteiger partial charge on any atom is -0.448 e. The number of pyridine rings is 1. The second-order valence-corrected chi connectivity index (χ2v) is 5.87. The van der Waals surface area contributed by atoms with Crippen LogP contribution < -0.4 is 0 Å². The van der Waals surface area contributed by atoms with Crippen LogP contribution in [0.2, 0.25) is 0 Å². The molecule has 0 N–H and O–H groups in total. The van der Waals surface area contributed by atoms with Gasteiger partial charge in [-0.25, -0.2) is 4.79 Å². The molecule has 1 aliphatic carbocycles. The standard InChI is InChI=1S/C19H16N2O3/c22-19(16-12-17(24-21-16)13-6-7-13)23-18(14-4-2-1-3-5-14)15-8-10-20-11-9-15/h1-5,8-13,18H,6-7H2/t18-/m1/s1. The van der Waals surface area contributed by atoms with Crippen LogP contribution in [0, 0.1) is 0 Å². The average molecular weight is 320 g/mol. The van der Waals surface area contributed by atoms with Crippen molar-refractivity contribution >= 4 is 5.97 Å². The molecule has 1 atom stereocenters.